The minimum absolute atomic E-state index is 0.0151. The highest BCUT2D eigenvalue weighted by molar-refractivity contribution is 6.08. The summed E-state index contributed by atoms with van der Waals surface area (Å²) in [7, 11) is 1.57. The lowest BCUT2D eigenvalue weighted by Gasteiger charge is -2.26. The first-order valence-corrected chi connectivity index (χ1v) is 9.16. The van der Waals surface area contributed by atoms with Crippen molar-refractivity contribution >= 4 is 11.9 Å². The number of aryl methyl sites for hydroxylation is 1. The van der Waals surface area contributed by atoms with Crippen LogP contribution in [0.25, 0.3) is 0 Å². The molecule has 1 aliphatic heterocycles. The number of alkyl halides is 2. The number of halogens is 2. The Morgan fingerprint density at radius 1 is 1.18 bits per heavy atom. The lowest BCUT2D eigenvalue weighted by molar-refractivity contribution is -0.129. The second-order valence-electron chi connectivity index (χ2n) is 6.75. The number of amides is 1. The second-order valence-corrected chi connectivity index (χ2v) is 6.75. The number of likely N-dealkylation sites (N-methyl/N-ethyl adjacent to an activating group) is 1. The number of carbonyl (C=O) groups excluding carboxylic acids is 1. The summed E-state index contributed by atoms with van der Waals surface area (Å²) in [4.78, 5) is 19.0. The Kier molecular flexibility index (Phi) is 5.63. The van der Waals surface area contributed by atoms with E-state index >= 15 is 0 Å². The molecule has 148 valence electrons. The smallest absolute Gasteiger partial charge is 0.387 e. The number of guanidine groups is 1. The van der Waals surface area contributed by atoms with Gasteiger partial charge in [-0.05, 0) is 41.7 Å². The number of unbranched alkanes of at least 4 members (excludes halogenated alkanes) is 1. The van der Waals surface area contributed by atoms with E-state index in [1.165, 1.54) is 17.0 Å². The molecule has 3 rings (SSSR count). The Hall–Kier alpha value is -2.96. The van der Waals surface area contributed by atoms with Crippen molar-refractivity contribution in [3.05, 3.63) is 65.2 Å². The van der Waals surface area contributed by atoms with Crippen LogP contribution in [-0.2, 0) is 16.8 Å². The van der Waals surface area contributed by atoms with Crippen LogP contribution >= 0.6 is 0 Å². The Labute approximate surface area is 162 Å². The summed E-state index contributed by atoms with van der Waals surface area (Å²) >= 11 is 0. The van der Waals surface area contributed by atoms with Crippen LogP contribution in [0.3, 0.4) is 0 Å². The van der Waals surface area contributed by atoms with Crippen LogP contribution in [0.2, 0.25) is 0 Å². The van der Waals surface area contributed by atoms with Gasteiger partial charge in [0.1, 0.15) is 5.75 Å². The Balaban J connectivity index is 2.09. The molecular weight excluding hydrogens is 364 g/mol. The van der Waals surface area contributed by atoms with E-state index in [1.807, 2.05) is 24.3 Å². The fourth-order valence-corrected chi connectivity index (χ4v) is 3.39. The molecule has 0 saturated carbocycles. The van der Waals surface area contributed by atoms with E-state index in [0.29, 0.717) is 11.1 Å². The van der Waals surface area contributed by atoms with E-state index in [1.54, 1.807) is 19.2 Å². The SMILES string of the molecule is CCCCc1cccc([C@@]2(c3ccc(OC(F)F)cc3)N=C(N)N(C)C2=O)c1. The van der Waals surface area contributed by atoms with Crippen molar-refractivity contribution in [2.24, 2.45) is 10.7 Å². The summed E-state index contributed by atoms with van der Waals surface area (Å²) in [6.45, 7) is -0.794. The lowest BCUT2D eigenvalue weighted by atomic mass is 9.82. The van der Waals surface area contributed by atoms with Crippen molar-refractivity contribution in [1.82, 2.24) is 4.90 Å². The Morgan fingerprint density at radius 3 is 2.46 bits per heavy atom. The summed E-state index contributed by atoms with van der Waals surface area (Å²) in [6.07, 6.45) is 2.99. The molecule has 1 aliphatic rings. The number of carbonyl (C=O) groups is 1. The zero-order valence-electron chi connectivity index (χ0n) is 15.9. The highest BCUT2D eigenvalue weighted by Gasteiger charge is 2.49. The van der Waals surface area contributed by atoms with E-state index in [4.69, 9.17) is 5.73 Å². The number of aliphatic imine (C=N–C) groups is 1. The van der Waals surface area contributed by atoms with Gasteiger partial charge in [-0.25, -0.2) is 4.99 Å². The molecule has 2 aromatic rings. The number of hydrogen-bond donors (Lipinski definition) is 1. The number of hydrogen-bond acceptors (Lipinski definition) is 4. The number of benzene rings is 2. The molecule has 0 saturated heterocycles. The molecule has 1 heterocycles. The minimum atomic E-state index is -2.91. The zero-order chi connectivity index (χ0) is 20.3. The fraction of sp³-hybridized carbons (Fsp3) is 0.333. The van der Waals surface area contributed by atoms with Gasteiger partial charge in [0.05, 0.1) is 0 Å². The molecule has 28 heavy (non-hydrogen) atoms. The molecule has 5 nitrogen and oxygen atoms in total. The van der Waals surface area contributed by atoms with Crippen molar-refractivity contribution in [1.29, 1.82) is 0 Å². The number of nitrogens with zero attached hydrogens (tertiary/aromatic N) is 2. The molecule has 0 radical (unpaired) electrons. The largest absolute Gasteiger partial charge is 0.435 e. The summed E-state index contributed by atoms with van der Waals surface area (Å²) in [5, 5.41) is 0. The molecule has 0 unspecified atom stereocenters. The number of rotatable bonds is 7. The standard InChI is InChI=1S/C21H23F2N3O2/c1-3-4-6-14-7-5-8-16(13-14)21(18(27)26(2)20(24)25-21)15-9-11-17(12-10-15)28-19(22)23/h5,7-13,19H,3-4,6H2,1-2H3,(H2,24,25)/t21-/m1/s1. The number of nitrogens with two attached hydrogens (primary N) is 1. The van der Waals surface area contributed by atoms with Gasteiger partial charge >= 0.3 is 6.61 Å². The van der Waals surface area contributed by atoms with Crippen LogP contribution < -0.4 is 10.5 Å². The first kappa shape index (κ1) is 19.8. The van der Waals surface area contributed by atoms with E-state index in [0.717, 1.165) is 24.8 Å². The van der Waals surface area contributed by atoms with Crippen molar-refractivity contribution < 1.29 is 18.3 Å². The molecule has 0 fully saturated rings. The fourth-order valence-electron chi connectivity index (χ4n) is 3.39. The Morgan fingerprint density at radius 2 is 1.89 bits per heavy atom. The van der Waals surface area contributed by atoms with Gasteiger partial charge in [0.25, 0.3) is 5.91 Å². The first-order valence-electron chi connectivity index (χ1n) is 9.16. The van der Waals surface area contributed by atoms with Crippen LogP contribution in [0.1, 0.15) is 36.5 Å². The molecule has 0 bridgehead atoms. The van der Waals surface area contributed by atoms with Crippen LogP contribution in [0.15, 0.2) is 53.5 Å². The highest BCUT2D eigenvalue weighted by atomic mass is 19.3. The molecule has 2 aromatic carbocycles. The van der Waals surface area contributed by atoms with Crippen molar-refractivity contribution in [2.75, 3.05) is 7.05 Å². The highest BCUT2D eigenvalue weighted by Crippen LogP contribution is 2.40. The predicted octanol–water partition coefficient (Wildman–Crippen LogP) is 3.66. The first-order chi connectivity index (χ1) is 13.4. The summed E-state index contributed by atoms with van der Waals surface area (Å²) in [5.41, 5.74) is 6.96. The molecular formula is C21H23F2N3O2. The average molecular weight is 387 g/mol. The molecule has 1 amide bonds. The van der Waals surface area contributed by atoms with Gasteiger partial charge < -0.3 is 10.5 Å². The van der Waals surface area contributed by atoms with Gasteiger partial charge in [0.2, 0.25) is 0 Å². The number of ether oxygens (including phenoxy) is 1. The van der Waals surface area contributed by atoms with Gasteiger partial charge in [0, 0.05) is 7.05 Å². The van der Waals surface area contributed by atoms with E-state index in [2.05, 4.69) is 16.7 Å². The zero-order valence-corrected chi connectivity index (χ0v) is 15.9. The summed E-state index contributed by atoms with van der Waals surface area (Å²) in [6, 6.07) is 13.7. The molecule has 2 N–H and O–H groups in total. The van der Waals surface area contributed by atoms with Crippen LogP contribution in [0, 0.1) is 0 Å². The summed E-state index contributed by atoms with van der Waals surface area (Å²) < 4.78 is 29.3. The second kappa shape index (κ2) is 7.96. The predicted molar refractivity (Wildman–Crippen MR) is 103 cm³/mol. The molecule has 1 atom stereocenters. The van der Waals surface area contributed by atoms with Gasteiger partial charge in [-0.2, -0.15) is 8.78 Å². The van der Waals surface area contributed by atoms with E-state index < -0.39 is 12.2 Å². The van der Waals surface area contributed by atoms with Crippen molar-refractivity contribution in [3.8, 4) is 5.75 Å². The molecule has 0 spiro atoms. The topological polar surface area (TPSA) is 67.9 Å². The monoisotopic (exact) mass is 387 g/mol. The van der Waals surface area contributed by atoms with Gasteiger partial charge in [0.15, 0.2) is 11.5 Å². The van der Waals surface area contributed by atoms with Gasteiger partial charge in [-0.15, -0.1) is 0 Å². The van der Waals surface area contributed by atoms with Crippen molar-refractivity contribution in [3.63, 3.8) is 0 Å². The van der Waals surface area contributed by atoms with Gasteiger partial charge in [-0.1, -0.05) is 49.7 Å². The average Bonchev–Trinajstić information content (AvgIpc) is 2.92. The van der Waals surface area contributed by atoms with Crippen LogP contribution in [0.4, 0.5) is 8.78 Å². The van der Waals surface area contributed by atoms with Crippen LogP contribution in [-0.4, -0.2) is 30.4 Å². The maximum absolute atomic E-state index is 13.2. The Bertz CT molecular complexity index is 883. The molecule has 0 aromatic heterocycles. The molecule has 7 heteroatoms. The quantitative estimate of drug-likeness (QED) is 0.788. The van der Waals surface area contributed by atoms with Gasteiger partial charge in [-0.3, -0.25) is 9.69 Å². The van der Waals surface area contributed by atoms with Crippen LogP contribution in [0.5, 0.6) is 5.75 Å². The third kappa shape index (κ3) is 3.56. The maximum Gasteiger partial charge on any atom is 0.387 e. The van der Waals surface area contributed by atoms with E-state index in [-0.39, 0.29) is 17.6 Å². The summed E-state index contributed by atoms with van der Waals surface area (Å²) in [5.74, 6) is -0.168. The minimum Gasteiger partial charge on any atom is -0.435 e. The normalized spacial score (nSPS) is 19.2. The third-order valence-corrected chi connectivity index (χ3v) is 4.90. The molecule has 0 aliphatic carbocycles. The maximum atomic E-state index is 13.2. The van der Waals surface area contributed by atoms with E-state index in [9.17, 15) is 13.6 Å². The lowest BCUT2D eigenvalue weighted by Crippen LogP contribution is -2.41. The third-order valence-electron chi connectivity index (χ3n) is 4.90. The van der Waals surface area contributed by atoms with Crippen molar-refractivity contribution in [2.45, 2.75) is 38.3 Å².